The number of aromatic nitrogens is 1. The SMILES string of the molecule is Cc1cc(N)ccc1NC(=O)c1ccc(Br)cn1. The van der Waals surface area contributed by atoms with Gasteiger partial charge in [0.25, 0.3) is 5.91 Å². The molecular weight excluding hydrogens is 294 g/mol. The molecule has 1 aromatic heterocycles. The minimum absolute atomic E-state index is 0.240. The highest BCUT2D eigenvalue weighted by molar-refractivity contribution is 9.10. The predicted octanol–water partition coefficient (Wildman–Crippen LogP) is 2.99. The molecular formula is C13H12BrN3O. The molecule has 0 unspecified atom stereocenters. The number of nitrogens with one attached hydrogen (secondary N) is 1. The minimum Gasteiger partial charge on any atom is -0.399 e. The second-order valence-corrected chi connectivity index (χ2v) is 4.81. The number of pyridine rings is 1. The third-order valence-corrected chi connectivity index (χ3v) is 2.93. The van der Waals surface area contributed by atoms with E-state index < -0.39 is 0 Å². The van der Waals surface area contributed by atoms with Crippen LogP contribution in [0.5, 0.6) is 0 Å². The number of aryl methyl sites for hydroxylation is 1. The van der Waals surface area contributed by atoms with Gasteiger partial charge in [0.15, 0.2) is 0 Å². The highest BCUT2D eigenvalue weighted by atomic mass is 79.9. The number of rotatable bonds is 2. The second kappa shape index (κ2) is 5.18. The molecule has 1 heterocycles. The molecule has 0 atom stereocenters. The Morgan fingerprint density at radius 1 is 1.33 bits per heavy atom. The van der Waals surface area contributed by atoms with Gasteiger partial charge in [-0.05, 0) is 58.7 Å². The lowest BCUT2D eigenvalue weighted by molar-refractivity contribution is 0.102. The largest absolute Gasteiger partial charge is 0.399 e. The molecule has 2 rings (SSSR count). The Labute approximate surface area is 113 Å². The lowest BCUT2D eigenvalue weighted by atomic mass is 10.1. The first-order valence-electron chi connectivity index (χ1n) is 5.35. The van der Waals surface area contributed by atoms with Crippen LogP contribution in [0.2, 0.25) is 0 Å². The maximum absolute atomic E-state index is 11.9. The molecule has 18 heavy (non-hydrogen) atoms. The van der Waals surface area contributed by atoms with Gasteiger partial charge in [0.2, 0.25) is 0 Å². The Balaban J connectivity index is 2.18. The van der Waals surface area contributed by atoms with E-state index in [1.54, 1.807) is 30.5 Å². The number of hydrogen-bond donors (Lipinski definition) is 2. The number of nitrogens with two attached hydrogens (primary N) is 1. The second-order valence-electron chi connectivity index (χ2n) is 3.89. The van der Waals surface area contributed by atoms with Crippen LogP contribution in [0.15, 0.2) is 41.0 Å². The lowest BCUT2D eigenvalue weighted by Gasteiger charge is -2.08. The van der Waals surface area contributed by atoms with Crippen molar-refractivity contribution in [3.8, 4) is 0 Å². The molecule has 0 spiro atoms. The first kappa shape index (κ1) is 12.6. The fourth-order valence-corrected chi connectivity index (χ4v) is 1.76. The fraction of sp³-hybridized carbons (Fsp3) is 0.0769. The van der Waals surface area contributed by atoms with Crippen LogP contribution in [0, 0.1) is 6.92 Å². The molecule has 0 radical (unpaired) electrons. The fourth-order valence-electron chi connectivity index (χ4n) is 1.52. The van der Waals surface area contributed by atoms with Gasteiger partial charge in [-0.15, -0.1) is 0 Å². The molecule has 1 amide bonds. The van der Waals surface area contributed by atoms with E-state index in [0.29, 0.717) is 11.4 Å². The molecule has 1 aromatic carbocycles. The molecule has 0 saturated heterocycles. The number of nitrogens with zero attached hydrogens (tertiary/aromatic N) is 1. The van der Waals surface area contributed by atoms with Gasteiger partial charge in [0.05, 0.1) is 0 Å². The third kappa shape index (κ3) is 2.87. The zero-order chi connectivity index (χ0) is 13.1. The number of nitrogen functional groups attached to an aromatic ring is 1. The smallest absolute Gasteiger partial charge is 0.274 e. The van der Waals surface area contributed by atoms with E-state index in [1.165, 1.54) is 0 Å². The summed E-state index contributed by atoms with van der Waals surface area (Å²) < 4.78 is 0.836. The van der Waals surface area contributed by atoms with Crippen molar-refractivity contribution in [1.29, 1.82) is 0 Å². The molecule has 0 bridgehead atoms. The van der Waals surface area contributed by atoms with Gasteiger partial charge >= 0.3 is 0 Å². The zero-order valence-electron chi connectivity index (χ0n) is 9.77. The summed E-state index contributed by atoms with van der Waals surface area (Å²) in [6.07, 6.45) is 1.59. The summed E-state index contributed by atoms with van der Waals surface area (Å²) in [6, 6.07) is 8.77. The zero-order valence-corrected chi connectivity index (χ0v) is 11.4. The highest BCUT2D eigenvalue weighted by Gasteiger charge is 2.08. The van der Waals surface area contributed by atoms with Gasteiger partial charge in [-0.25, -0.2) is 4.98 Å². The van der Waals surface area contributed by atoms with Gasteiger partial charge in [0.1, 0.15) is 5.69 Å². The normalized spacial score (nSPS) is 10.1. The lowest BCUT2D eigenvalue weighted by Crippen LogP contribution is -2.14. The van der Waals surface area contributed by atoms with Crippen LogP contribution in [-0.2, 0) is 0 Å². The molecule has 0 fully saturated rings. The number of anilines is 2. The summed E-state index contributed by atoms with van der Waals surface area (Å²) in [7, 11) is 0. The van der Waals surface area contributed by atoms with Crippen molar-refractivity contribution in [2.45, 2.75) is 6.92 Å². The molecule has 0 aliphatic heterocycles. The molecule has 3 N–H and O–H groups in total. The Hall–Kier alpha value is -1.88. The van der Waals surface area contributed by atoms with Crippen LogP contribution in [0.3, 0.4) is 0 Å². The first-order valence-corrected chi connectivity index (χ1v) is 6.14. The van der Waals surface area contributed by atoms with Gasteiger partial charge in [-0.2, -0.15) is 0 Å². The van der Waals surface area contributed by atoms with Crippen LogP contribution in [-0.4, -0.2) is 10.9 Å². The summed E-state index contributed by atoms with van der Waals surface area (Å²) in [5.74, 6) is -0.240. The number of amides is 1. The molecule has 4 nitrogen and oxygen atoms in total. The monoisotopic (exact) mass is 305 g/mol. The number of carbonyl (C=O) groups is 1. The Bertz CT molecular complexity index is 581. The number of halogens is 1. The standard InChI is InChI=1S/C13H12BrN3O/c1-8-6-10(15)3-5-11(8)17-13(18)12-4-2-9(14)7-16-12/h2-7H,15H2,1H3,(H,17,18). The summed E-state index contributed by atoms with van der Waals surface area (Å²) in [5, 5.41) is 2.80. The van der Waals surface area contributed by atoms with Crippen LogP contribution in [0.4, 0.5) is 11.4 Å². The van der Waals surface area contributed by atoms with Crippen LogP contribution in [0.25, 0.3) is 0 Å². The molecule has 0 aliphatic carbocycles. The van der Waals surface area contributed by atoms with Crippen molar-refractivity contribution in [1.82, 2.24) is 4.98 Å². The summed E-state index contributed by atoms with van der Waals surface area (Å²) in [4.78, 5) is 16.0. The van der Waals surface area contributed by atoms with E-state index in [4.69, 9.17) is 5.73 Å². The summed E-state index contributed by atoms with van der Waals surface area (Å²) in [5.41, 5.74) is 8.35. The Morgan fingerprint density at radius 3 is 2.72 bits per heavy atom. The maximum Gasteiger partial charge on any atom is 0.274 e. The van der Waals surface area contributed by atoms with E-state index in [1.807, 2.05) is 13.0 Å². The third-order valence-electron chi connectivity index (χ3n) is 2.46. The Kier molecular flexibility index (Phi) is 3.62. The number of benzene rings is 1. The topological polar surface area (TPSA) is 68.0 Å². The maximum atomic E-state index is 11.9. The number of hydrogen-bond acceptors (Lipinski definition) is 3. The summed E-state index contributed by atoms with van der Waals surface area (Å²) in [6.45, 7) is 1.89. The highest BCUT2D eigenvalue weighted by Crippen LogP contribution is 2.18. The minimum atomic E-state index is -0.240. The van der Waals surface area contributed by atoms with Crippen LogP contribution in [0.1, 0.15) is 16.1 Å². The molecule has 92 valence electrons. The van der Waals surface area contributed by atoms with E-state index in [9.17, 15) is 4.79 Å². The van der Waals surface area contributed by atoms with Gasteiger partial charge in [-0.3, -0.25) is 4.79 Å². The van der Waals surface area contributed by atoms with Crippen molar-refractivity contribution in [3.63, 3.8) is 0 Å². The van der Waals surface area contributed by atoms with Gasteiger partial charge < -0.3 is 11.1 Å². The van der Waals surface area contributed by atoms with Crippen molar-refractivity contribution < 1.29 is 4.79 Å². The van der Waals surface area contributed by atoms with Crippen LogP contribution >= 0.6 is 15.9 Å². The average Bonchev–Trinajstić information content (AvgIpc) is 2.33. The van der Waals surface area contributed by atoms with Crippen molar-refractivity contribution >= 4 is 33.2 Å². The Morgan fingerprint density at radius 2 is 2.11 bits per heavy atom. The van der Waals surface area contributed by atoms with Crippen molar-refractivity contribution in [2.75, 3.05) is 11.1 Å². The quantitative estimate of drug-likeness (QED) is 0.838. The van der Waals surface area contributed by atoms with Gasteiger partial charge in [0, 0.05) is 22.0 Å². The molecule has 5 heteroatoms. The average molecular weight is 306 g/mol. The first-order chi connectivity index (χ1) is 8.56. The predicted molar refractivity (Wildman–Crippen MR) is 75.5 cm³/mol. The van der Waals surface area contributed by atoms with Gasteiger partial charge in [-0.1, -0.05) is 0 Å². The van der Waals surface area contributed by atoms with Crippen molar-refractivity contribution in [3.05, 3.63) is 52.3 Å². The molecule has 0 aliphatic rings. The van der Waals surface area contributed by atoms with Crippen LogP contribution < -0.4 is 11.1 Å². The van der Waals surface area contributed by atoms with E-state index in [0.717, 1.165) is 15.7 Å². The number of carbonyl (C=O) groups excluding carboxylic acids is 1. The molecule has 0 saturated carbocycles. The van der Waals surface area contributed by atoms with E-state index in [2.05, 4.69) is 26.2 Å². The molecule has 2 aromatic rings. The van der Waals surface area contributed by atoms with E-state index in [-0.39, 0.29) is 5.91 Å². The van der Waals surface area contributed by atoms with E-state index >= 15 is 0 Å². The van der Waals surface area contributed by atoms with Crippen molar-refractivity contribution in [2.24, 2.45) is 0 Å². The summed E-state index contributed by atoms with van der Waals surface area (Å²) >= 11 is 3.27.